The van der Waals surface area contributed by atoms with Crippen molar-refractivity contribution in [1.29, 1.82) is 0 Å². The van der Waals surface area contributed by atoms with Gasteiger partial charge in [0.15, 0.2) is 11.0 Å². The van der Waals surface area contributed by atoms with E-state index < -0.39 is 0 Å². The van der Waals surface area contributed by atoms with E-state index in [0.717, 1.165) is 0 Å². The first-order chi connectivity index (χ1) is 5.11. The lowest BCUT2D eigenvalue weighted by Gasteiger charge is -1.91. The maximum Gasteiger partial charge on any atom is 0.223 e. The molecule has 0 radical (unpaired) electrons. The van der Waals surface area contributed by atoms with Gasteiger partial charge < -0.3 is 4.42 Å². The molecule has 0 saturated carbocycles. The van der Waals surface area contributed by atoms with Crippen LogP contribution in [-0.4, -0.2) is 5.78 Å². The second-order valence-corrected chi connectivity index (χ2v) is 2.59. The molecule has 0 amide bonds. The SMILES string of the molecule is C=C(C)C(=O)c1ccc(Cl)o1. The van der Waals surface area contributed by atoms with Crippen LogP contribution < -0.4 is 0 Å². The standard InChI is InChI=1S/C8H7ClO2/c1-5(2)8(10)6-3-4-7(9)11-6/h3-4H,1H2,2H3. The zero-order chi connectivity index (χ0) is 8.43. The van der Waals surface area contributed by atoms with Crippen LogP contribution in [0.5, 0.6) is 0 Å². The van der Waals surface area contributed by atoms with Gasteiger partial charge in [0.05, 0.1) is 0 Å². The average Bonchev–Trinajstić information content (AvgIpc) is 2.34. The third-order valence-corrected chi connectivity index (χ3v) is 1.39. The molecule has 0 aliphatic rings. The first kappa shape index (κ1) is 8.08. The normalized spacial score (nSPS) is 9.64. The topological polar surface area (TPSA) is 30.2 Å². The molecular weight excluding hydrogens is 164 g/mol. The summed E-state index contributed by atoms with van der Waals surface area (Å²) in [7, 11) is 0. The smallest absolute Gasteiger partial charge is 0.223 e. The molecule has 0 N–H and O–H groups in total. The van der Waals surface area contributed by atoms with Crippen molar-refractivity contribution in [2.24, 2.45) is 0 Å². The van der Waals surface area contributed by atoms with Gasteiger partial charge in [-0.25, -0.2) is 0 Å². The number of carbonyl (C=O) groups is 1. The molecule has 0 aliphatic carbocycles. The fourth-order valence-corrected chi connectivity index (χ4v) is 0.793. The summed E-state index contributed by atoms with van der Waals surface area (Å²) >= 11 is 5.46. The van der Waals surface area contributed by atoms with E-state index in [1.165, 1.54) is 12.1 Å². The highest BCUT2D eigenvalue weighted by atomic mass is 35.5. The number of carbonyl (C=O) groups excluding carboxylic acids is 1. The van der Waals surface area contributed by atoms with Crippen LogP contribution in [-0.2, 0) is 0 Å². The number of furan rings is 1. The lowest BCUT2D eigenvalue weighted by molar-refractivity contribution is 0.100. The van der Waals surface area contributed by atoms with Gasteiger partial charge in [0.25, 0.3) is 0 Å². The molecule has 1 heterocycles. The van der Waals surface area contributed by atoms with Crippen molar-refractivity contribution in [1.82, 2.24) is 0 Å². The highest BCUT2D eigenvalue weighted by Gasteiger charge is 2.10. The van der Waals surface area contributed by atoms with E-state index in [2.05, 4.69) is 6.58 Å². The first-order valence-electron chi connectivity index (χ1n) is 3.07. The Labute approximate surface area is 69.5 Å². The molecule has 0 bridgehead atoms. The Bertz CT molecular complexity index is 299. The van der Waals surface area contributed by atoms with E-state index in [-0.39, 0.29) is 16.8 Å². The number of hydrogen-bond donors (Lipinski definition) is 0. The maximum atomic E-state index is 11.1. The fraction of sp³-hybridized carbons (Fsp3) is 0.125. The monoisotopic (exact) mass is 170 g/mol. The first-order valence-corrected chi connectivity index (χ1v) is 3.44. The van der Waals surface area contributed by atoms with Crippen molar-refractivity contribution in [3.8, 4) is 0 Å². The number of rotatable bonds is 2. The van der Waals surface area contributed by atoms with Gasteiger partial charge in [-0.15, -0.1) is 0 Å². The van der Waals surface area contributed by atoms with E-state index in [0.29, 0.717) is 5.57 Å². The highest BCUT2D eigenvalue weighted by Crippen LogP contribution is 2.15. The molecule has 0 fully saturated rings. The molecule has 0 aliphatic heterocycles. The van der Waals surface area contributed by atoms with Gasteiger partial charge in [-0.3, -0.25) is 4.79 Å². The summed E-state index contributed by atoms with van der Waals surface area (Å²) < 4.78 is 4.86. The van der Waals surface area contributed by atoms with Gasteiger partial charge in [0.2, 0.25) is 5.78 Å². The summed E-state index contributed by atoms with van der Waals surface area (Å²) in [4.78, 5) is 11.1. The van der Waals surface area contributed by atoms with Crippen molar-refractivity contribution >= 4 is 17.4 Å². The van der Waals surface area contributed by atoms with Crippen LogP contribution in [0.15, 0.2) is 28.7 Å². The Kier molecular flexibility index (Phi) is 2.15. The Morgan fingerprint density at radius 1 is 1.64 bits per heavy atom. The number of Topliss-reactive ketones (excluding diaryl/α,β-unsaturated/α-hetero) is 1. The molecular formula is C8H7ClO2. The van der Waals surface area contributed by atoms with Gasteiger partial charge in [0, 0.05) is 0 Å². The third kappa shape index (κ3) is 1.71. The molecule has 11 heavy (non-hydrogen) atoms. The van der Waals surface area contributed by atoms with E-state index >= 15 is 0 Å². The Morgan fingerprint density at radius 3 is 2.64 bits per heavy atom. The van der Waals surface area contributed by atoms with Crippen molar-refractivity contribution in [2.45, 2.75) is 6.92 Å². The predicted octanol–water partition coefficient (Wildman–Crippen LogP) is 2.69. The number of hydrogen-bond acceptors (Lipinski definition) is 2. The number of ketones is 1. The van der Waals surface area contributed by atoms with E-state index in [1.807, 2.05) is 0 Å². The van der Waals surface area contributed by atoms with Crippen molar-refractivity contribution in [3.63, 3.8) is 0 Å². The lowest BCUT2D eigenvalue weighted by atomic mass is 10.2. The van der Waals surface area contributed by atoms with E-state index in [4.69, 9.17) is 16.0 Å². The highest BCUT2D eigenvalue weighted by molar-refractivity contribution is 6.29. The second kappa shape index (κ2) is 2.93. The summed E-state index contributed by atoms with van der Waals surface area (Å²) in [5, 5.41) is 0.217. The Balaban J connectivity index is 2.94. The van der Waals surface area contributed by atoms with Crippen molar-refractivity contribution < 1.29 is 9.21 Å². The van der Waals surface area contributed by atoms with Gasteiger partial charge in [-0.05, 0) is 36.2 Å². The quantitative estimate of drug-likeness (QED) is 0.505. The van der Waals surface area contributed by atoms with E-state index in [1.54, 1.807) is 6.92 Å². The molecule has 0 unspecified atom stereocenters. The lowest BCUT2D eigenvalue weighted by Crippen LogP contribution is -1.96. The molecule has 0 atom stereocenters. The minimum absolute atomic E-state index is 0.211. The molecule has 3 heteroatoms. The van der Waals surface area contributed by atoms with Crippen LogP contribution in [0.2, 0.25) is 5.22 Å². The minimum atomic E-state index is -0.211. The average molecular weight is 171 g/mol. The van der Waals surface area contributed by atoms with E-state index in [9.17, 15) is 4.79 Å². The summed E-state index contributed by atoms with van der Waals surface area (Å²) in [6, 6.07) is 3.05. The van der Waals surface area contributed by atoms with Gasteiger partial charge >= 0.3 is 0 Å². The summed E-state index contributed by atoms with van der Waals surface area (Å²) in [5.74, 6) is 0.0272. The Morgan fingerprint density at radius 2 is 2.27 bits per heavy atom. The minimum Gasteiger partial charge on any atom is -0.441 e. The number of halogens is 1. The number of allylic oxidation sites excluding steroid dienone is 1. The molecule has 1 aromatic rings. The van der Waals surface area contributed by atoms with Crippen LogP contribution in [0.4, 0.5) is 0 Å². The summed E-state index contributed by atoms with van der Waals surface area (Å²) in [5.41, 5.74) is 0.441. The van der Waals surface area contributed by atoms with Crippen LogP contribution >= 0.6 is 11.6 Å². The zero-order valence-corrected chi connectivity index (χ0v) is 6.81. The zero-order valence-electron chi connectivity index (χ0n) is 6.06. The van der Waals surface area contributed by atoms with Crippen LogP contribution in [0, 0.1) is 0 Å². The molecule has 1 aromatic heterocycles. The predicted molar refractivity (Wildman–Crippen MR) is 42.9 cm³/mol. The molecule has 2 nitrogen and oxygen atoms in total. The summed E-state index contributed by atoms with van der Waals surface area (Å²) in [6.07, 6.45) is 0. The van der Waals surface area contributed by atoms with Gasteiger partial charge in [-0.1, -0.05) is 6.58 Å². The Hall–Kier alpha value is -1.02. The van der Waals surface area contributed by atoms with Crippen LogP contribution in [0.1, 0.15) is 17.5 Å². The fourth-order valence-electron chi connectivity index (χ4n) is 0.647. The molecule has 0 spiro atoms. The maximum absolute atomic E-state index is 11.1. The van der Waals surface area contributed by atoms with Crippen LogP contribution in [0.25, 0.3) is 0 Å². The van der Waals surface area contributed by atoms with Crippen molar-refractivity contribution in [2.75, 3.05) is 0 Å². The largest absolute Gasteiger partial charge is 0.441 e. The molecule has 0 saturated heterocycles. The molecule has 58 valence electrons. The van der Waals surface area contributed by atoms with Gasteiger partial charge in [0.1, 0.15) is 0 Å². The third-order valence-electron chi connectivity index (χ3n) is 1.18. The molecule has 0 aromatic carbocycles. The van der Waals surface area contributed by atoms with Gasteiger partial charge in [-0.2, -0.15) is 0 Å². The second-order valence-electron chi connectivity index (χ2n) is 2.21. The van der Waals surface area contributed by atoms with Crippen molar-refractivity contribution in [3.05, 3.63) is 35.3 Å². The summed E-state index contributed by atoms with van der Waals surface area (Å²) in [6.45, 7) is 5.11. The molecule has 1 rings (SSSR count). The van der Waals surface area contributed by atoms with Crippen LogP contribution in [0.3, 0.4) is 0 Å².